The molecule has 2 rings (SSSR count). The van der Waals surface area contributed by atoms with E-state index in [9.17, 15) is 14.4 Å². The molecule has 0 spiro atoms. The predicted octanol–water partition coefficient (Wildman–Crippen LogP) is 3.64. The Kier molecular flexibility index (Phi) is 6.71. The summed E-state index contributed by atoms with van der Waals surface area (Å²) in [6.07, 6.45) is 0.164. The number of benzene rings is 2. The van der Waals surface area contributed by atoms with Crippen molar-refractivity contribution in [1.82, 2.24) is 0 Å². The summed E-state index contributed by atoms with van der Waals surface area (Å²) >= 11 is 0. The number of aryl methyl sites for hydroxylation is 1. The smallest absolute Gasteiger partial charge is 0.226 e. The van der Waals surface area contributed by atoms with Gasteiger partial charge in [-0.1, -0.05) is 18.2 Å². The molecule has 0 unspecified atom stereocenters. The first kappa shape index (κ1) is 20.2. The number of hydrogen-bond acceptors (Lipinski definition) is 3. The van der Waals surface area contributed by atoms with Gasteiger partial charge < -0.3 is 15.5 Å². The molecular weight excluding hydrogens is 342 g/mol. The normalized spacial score (nSPS) is 10.2. The third-order valence-electron chi connectivity index (χ3n) is 4.30. The molecule has 2 aromatic carbocycles. The molecular formula is C21H25N3O3. The average Bonchev–Trinajstić information content (AvgIpc) is 2.58. The van der Waals surface area contributed by atoms with Gasteiger partial charge >= 0.3 is 0 Å². The maximum Gasteiger partial charge on any atom is 0.226 e. The van der Waals surface area contributed by atoms with Gasteiger partial charge in [-0.3, -0.25) is 14.4 Å². The Labute approximate surface area is 159 Å². The molecule has 27 heavy (non-hydrogen) atoms. The Bertz CT molecular complexity index is 862. The summed E-state index contributed by atoms with van der Waals surface area (Å²) in [7, 11) is 0. The minimum atomic E-state index is -0.186. The minimum Gasteiger partial charge on any atom is -0.326 e. The number of amides is 3. The Balaban J connectivity index is 2.06. The van der Waals surface area contributed by atoms with Gasteiger partial charge in [0.2, 0.25) is 17.7 Å². The van der Waals surface area contributed by atoms with Crippen LogP contribution >= 0.6 is 0 Å². The fraction of sp³-hybridized carbons (Fsp3) is 0.286. The van der Waals surface area contributed by atoms with Crippen molar-refractivity contribution in [1.29, 1.82) is 0 Å². The van der Waals surface area contributed by atoms with Crippen molar-refractivity contribution in [2.24, 2.45) is 0 Å². The molecule has 3 amide bonds. The summed E-state index contributed by atoms with van der Waals surface area (Å²) in [5.74, 6) is -0.517. The maximum absolute atomic E-state index is 12.3. The second kappa shape index (κ2) is 8.98. The molecule has 0 aliphatic heterocycles. The summed E-state index contributed by atoms with van der Waals surface area (Å²) in [6.45, 7) is 7.07. The van der Waals surface area contributed by atoms with Crippen LogP contribution in [0.2, 0.25) is 0 Å². The molecule has 0 saturated heterocycles. The number of hydrogen-bond donors (Lipinski definition) is 2. The van der Waals surface area contributed by atoms with E-state index in [1.807, 2.05) is 32.0 Å². The summed E-state index contributed by atoms with van der Waals surface area (Å²) in [4.78, 5) is 37.1. The highest BCUT2D eigenvalue weighted by molar-refractivity contribution is 5.96. The number of nitrogens with one attached hydrogen (secondary N) is 2. The lowest BCUT2D eigenvalue weighted by atomic mass is 10.1. The number of anilines is 3. The van der Waals surface area contributed by atoms with Crippen LogP contribution in [0.3, 0.4) is 0 Å². The van der Waals surface area contributed by atoms with E-state index in [0.717, 1.165) is 16.8 Å². The van der Waals surface area contributed by atoms with E-state index in [-0.39, 0.29) is 30.7 Å². The van der Waals surface area contributed by atoms with Crippen LogP contribution < -0.4 is 15.5 Å². The maximum atomic E-state index is 12.3. The number of rotatable bonds is 6. The van der Waals surface area contributed by atoms with Crippen molar-refractivity contribution in [3.8, 4) is 0 Å². The summed E-state index contributed by atoms with van der Waals surface area (Å²) < 4.78 is 0. The number of nitrogens with zero attached hydrogens (tertiary/aromatic N) is 1. The first-order valence-corrected chi connectivity index (χ1v) is 8.79. The van der Waals surface area contributed by atoms with Crippen LogP contribution in [0.25, 0.3) is 0 Å². The highest BCUT2D eigenvalue weighted by Gasteiger charge is 2.15. The van der Waals surface area contributed by atoms with Crippen LogP contribution in [0.1, 0.15) is 31.4 Å². The standard InChI is InChI=1S/C21H25N3O3/c1-14-7-5-10-20(15(14)2)23-21(27)11-12-24(17(4)26)19-9-6-8-18(13-19)22-16(3)25/h5-10,13H,11-12H2,1-4H3,(H,22,25)(H,23,27). The molecule has 0 bridgehead atoms. The molecule has 6 nitrogen and oxygen atoms in total. The van der Waals surface area contributed by atoms with Crippen LogP contribution in [0.15, 0.2) is 42.5 Å². The van der Waals surface area contributed by atoms with Crippen LogP contribution in [0.4, 0.5) is 17.1 Å². The van der Waals surface area contributed by atoms with Gasteiger partial charge in [-0.15, -0.1) is 0 Å². The molecule has 0 aromatic heterocycles. The number of carbonyl (C=O) groups excluding carboxylic acids is 3. The molecule has 0 atom stereocenters. The van der Waals surface area contributed by atoms with Crippen molar-refractivity contribution in [3.05, 3.63) is 53.6 Å². The van der Waals surface area contributed by atoms with Gasteiger partial charge in [0.25, 0.3) is 0 Å². The molecule has 2 aromatic rings. The molecule has 6 heteroatoms. The molecule has 0 fully saturated rings. The molecule has 2 N–H and O–H groups in total. The lowest BCUT2D eigenvalue weighted by Gasteiger charge is -2.22. The molecule has 0 heterocycles. The predicted molar refractivity (Wildman–Crippen MR) is 108 cm³/mol. The van der Waals surface area contributed by atoms with E-state index in [1.165, 1.54) is 18.7 Å². The van der Waals surface area contributed by atoms with Gasteiger partial charge in [0.05, 0.1) is 0 Å². The Morgan fingerprint density at radius 3 is 2.33 bits per heavy atom. The van der Waals surface area contributed by atoms with Crippen LogP contribution in [-0.4, -0.2) is 24.3 Å². The number of carbonyl (C=O) groups is 3. The van der Waals surface area contributed by atoms with Crippen molar-refractivity contribution in [2.45, 2.75) is 34.1 Å². The van der Waals surface area contributed by atoms with Gasteiger partial charge in [0.15, 0.2) is 0 Å². The van der Waals surface area contributed by atoms with Gasteiger partial charge in [-0.05, 0) is 49.2 Å². The first-order chi connectivity index (χ1) is 12.8. The van der Waals surface area contributed by atoms with E-state index in [0.29, 0.717) is 11.4 Å². The topological polar surface area (TPSA) is 78.5 Å². The van der Waals surface area contributed by atoms with Crippen LogP contribution in [-0.2, 0) is 14.4 Å². The highest BCUT2D eigenvalue weighted by atomic mass is 16.2. The van der Waals surface area contributed by atoms with E-state index in [1.54, 1.807) is 24.3 Å². The molecule has 0 saturated carbocycles. The van der Waals surface area contributed by atoms with E-state index >= 15 is 0 Å². The zero-order valence-electron chi connectivity index (χ0n) is 16.1. The SMILES string of the molecule is CC(=O)Nc1cccc(N(CCC(=O)Nc2cccc(C)c2C)C(C)=O)c1. The fourth-order valence-electron chi connectivity index (χ4n) is 2.74. The fourth-order valence-corrected chi connectivity index (χ4v) is 2.74. The lowest BCUT2D eigenvalue weighted by molar-refractivity contribution is -0.117. The Morgan fingerprint density at radius 1 is 0.963 bits per heavy atom. The largest absolute Gasteiger partial charge is 0.326 e. The van der Waals surface area contributed by atoms with E-state index in [2.05, 4.69) is 10.6 Å². The van der Waals surface area contributed by atoms with Gasteiger partial charge in [0.1, 0.15) is 0 Å². The zero-order valence-corrected chi connectivity index (χ0v) is 16.1. The van der Waals surface area contributed by atoms with Crippen molar-refractivity contribution < 1.29 is 14.4 Å². The molecule has 142 valence electrons. The van der Waals surface area contributed by atoms with Crippen molar-refractivity contribution >= 4 is 34.8 Å². The summed E-state index contributed by atoms with van der Waals surface area (Å²) in [5, 5.41) is 5.59. The van der Waals surface area contributed by atoms with E-state index in [4.69, 9.17) is 0 Å². The van der Waals surface area contributed by atoms with Gasteiger partial charge in [-0.25, -0.2) is 0 Å². The zero-order chi connectivity index (χ0) is 20.0. The third kappa shape index (κ3) is 5.67. The second-order valence-electron chi connectivity index (χ2n) is 6.45. The molecule has 0 radical (unpaired) electrons. The lowest BCUT2D eigenvalue weighted by Crippen LogP contribution is -2.32. The summed E-state index contributed by atoms with van der Waals surface area (Å²) in [5.41, 5.74) is 4.15. The second-order valence-corrected chi connectivity index (χ2v) is 6.45. The Hall–Kier alpha value is -3.15. The van der Waals surface area contributed by atoms with Gasteiger partial charge in [0, 0.05) is 43.9 Å². The summed E-state index contributed by atoms with van der Waals surface area (Å²) in [6, 6.07) is 12.7. The average molecular weight is 367 g/mol. The molecule has 0 aliphatic carbocycles. The Morgan fingerprint density at radius 2 is 1.67 bits per heavy atom. The van der Waals surface area contributed by atoms with Crippen molar-refractivity contribution in [2.75, 3.05) is 22.1 Å². The van der Waals surface area contributed by atoms with Gasteiger partial charge in [-0.2, -0.15) is 0 Å². The monoisotopic (exact) mass is 367 g/mol. The van der Waals surface area contributed by atoms with Crippen molar-refractivity contribution in [3.63, 3.8) is 0 Å². The minimum absolute atomic E-state index is 0.159. The van der Waals surface area contributed by atoms with Crippen LogP contribution in [0, 0.1) is 13.8 Å². The quantitative estimate of drug-likeness (QED) is 0.818. The van der Waals surface area contributed by atoms with E-state index < -0.39 is 0 Å². The molecule has 0 aliphatic rings. The highest BCUT2D eigenvalue weighted by Crippen LogP contribution is 2.21. The van der Waals surface area contributed by atoms with Crippen LogP contribution in [0.5, 0.6) is 0 Å². The first-order valence-electron chi connectivity index (χ1n) is 8.79. The third-order valence-corrected chi connectivity index (χ3v) is 4.30.